The summed E-state index contributed by atoms with van der Waals surface area (Å²) in [7, 11) is 0. The third-order valence-electron chi connectivity index (χ3n) is 3.52. The lowest BCUT2D eigenvalue weighted by Crippen LogP contribution is -2.50. The number of amides is 1. The molecule has 1 aromatic carbocycles. The fourth-order valence-electron chi connectivity index (χ4n) is 2.44. The molecule has 0 bridgehead atoms. The van der Waals surface area contributed by atoms with Crippen molar-refractivity contribution in [2.45, 2.75) is 31.2 Å². The topological polar surface area (TPSA) is 58.6 Å². The summed E-state index contributed by atoms with van der Waals surface area (Å²) in [5.41, 5.74) is -0.521. The van der Waals surface area contributed by atoms with Gasteiger partial charge in [0, 0.05) is 0 Å². The molecule has 0 radical (unpaired) electrons. The monoisotopic (exact) mass is 301 g/mol. The predicted molar refractivity (Wildman–Crippen MR) is 73.3 cm³/mol. The van der Waals surface area contributed by atoms with Crippen molar-refractivity contribution in [1.29, 1.82) is 0 Å². The number of aliphatic hydroxyl groups is 1. The van der Waals surface area contributed by atoms with Crippen LogP contribution < -0.4 is 10.1 Å². The molecule has 1 amide bonds. The van der Waals surface area contributed by atoms with Crippen molar-refractivity contribution in [3.8, 4) is 5.75 Å². The Bertz CT molecular complexity index is 489. The van der Waals surface area contributed by atoms with E-state index in [0.717, 1.165) is 31.7 Å². The number of rotatable bonds is 5. The normalized spacial score (nSPS) is 16.9. The molecule has 1 saturated carbocycles. The van der Waals surface area contributed by atoms with Crippen molar-refractivity contribution >= 4 is 17.5 Å². The van der Waals surface area contributed by atoms with E-state index in [0.29, 0.717) is 0 Å². The molecule has 0 heterocycles. The first-order chi connectivity index (χ1) is 9.54. The molecule has 1 fully saturated rings. The maximum atomic E-state index is 12.9. The molecule has 2 N–H and O–H groups in total. The summed E-state index contributed by atoms with van der Waals surface area (Å²) in [6.45, 7) is -0.289. The average Bonchev–Trinajstić information content (AvgIpc) is 2.87. The highest BCUT2D eigenvalue weighted by Gasteiger charge is 2.34. The maximum Gasteiger partial charge on any atom is 0.258 e. The molecule has 1 aliphatic carbocycles. The second-order valence-corrected chi connectivity index (χ2v) is 5.46. The first-order valence-electron chi connectivity index (χ1n) is 6.54. The van der Waals surface area contributed by atoms with E-state index in [9.17, 15) is 14.3 Å². The summed E-state index contributed by atoms with van der Waals surface area (Å²) < 4.78 is 18.1. The first-order valence-corrected chi connectivity index (χ1v) is 6.92. The van der Waals surface area contributed by atoms with Crippen LogP contribution in [0.3, 0.4) is 0 Å². The Morgan fingerprint density at radius 3 is 2.75 bits per heavy atom. The standard InChI is InChI=1S/C14H17ClFNO3/c15-11-7-10(16)3-4-12(11)20-8-13(19)17-14(9-18)5-1-2-6-14/h3-4,7,18H,1-2,5-6,8-9H2,(H,17,19). The van der Waals surface area contributed by atoms with Gasteiger partial charge >= 0.3 is 0 Å². The van der Waals surface area contributed by atoms with Gasteiger partial charge in [-0.05, 0) is 31.0 Å². The average molecular weight is 302 g/mol. The zero-order chi connectivity index (χ0) is 14.6. The highest BCUT2D eigenvalue weighted by molar-refractivity contribution is 6.32. The molecule has 110 valence electrons. The minimum Gasteiger partial charge on any atom is -0.482 e. The fourth-order valence-corrected chi connectivity index (χ4v) is 2.66. The van der Waals surface area contributed by atoms with Gasteiger partial charge in [-0.15, -0.1) is 0 Å². The minimum absolute atomic E-state index is 0.0734. The molecule has 6 heteroatoms. The van der Waals surface area contributed by atoms with Crippen LogP contribution in [-0.4, -0.2) is 29.8 Å². The molecule has 0 saturated heterocycles. The smallest absolute Gasteiger partial charge is 0.258 e. The lowest BCUT2D eigenvalue weighted by Gasteiger charge is -2.27. The molecule has 0 aliphatic heterocycles. The number of halogens is 2. The summed E-state index contributed by atoms with van der Waals surface area (Å²) in [4.78, 5) is 11.9. The lowest BCUT2D eigenvalue weighted by atomic mass is 9.99. The van der Waals surface area contributed by atoms with Gasteiger partial charge in [0.25, 0.3) is 5.91 Å². The Labute approximate surface area is 121 Å². The maximum absolute atomic E-state index is 12.9. The van der Waals surface area contributed by atoms with Gasteiger partial charge in [0.15, 0.2) is 6.61 Å². The molecule has 0 atom stereocenters. The minimum atomic E-state index is -0.521. The van der Waals surface area contributed by atoms with Crippen LogP contribution in [0, 0.1) is 5.82 Å². The second kappa shape index (κ2) is 6.41. The highest BCUT2D eigenvalue weighted by atomic mass is 35.5. The van der Waals surface area contributed by atoms with Crippen LogP contribution in [0.15, 0.2) is 18.2 Å². The van der Waals surface area contributed by atoms with Crippen molar-refractivity contribution in [1.82, 2.24) is 5.32 Å². The number of ether oxygens (including phenoxy) is 1. The molecule has 2 rings (SSSR count). The van der Waals surface area contributed by atoms with Crippen LogP contribution in [0.2, 0.25) is 5.02 Å². The Hall–Kier alpha value is -1.33. The van der Waals surface area contributed by atoms with Gasteiger partial charge in [0.05, 0.1) is 17.2 Å². The number of hydrogen-bond acceptors (Lipinski definition) is 3. The molecule has 1 aromatic rings. The Balaban J connectivity index is 1.89. The number of benzene rings is 1. The third-order valence-corrected chi connectivity index (χ3v) is 3.82. The number of hydrogen-bond donors (Lipinski definition) is 2. The van der Waals surface area contributed by atoms with Crippen LogP contribution in [0.5, 0.6) is 5.75 Å². The van der Waals surface area contributed by atoms with Crippen molar-refractivity contribution in [3.63, 3.8) is 0 Å². The molecule has 0 spiro atoms. The van der Waals surface area contributed by atoms with Crippen molar-refractivity contribution in [2.75, 3.05) is 13.2 Å². The van der Waals surface area contributed by atoms with E-state index in [1.165, 1.54) is 12.1 Å². The number of carbonyl (C=O) groups excluding carboxylic acids is 1. The number of aliphatic hydroxyl groups excluding tert-OH is 1. The zero-order valence-electron chi connectivity index (χ0n) is 11.0. The Kier molecular flexibility index (Phi) is 4.83. The van der Waals surface area contributed by atoms with Crippen LogP contribution in [0.1, 0.15) is 25.7 Å². The molecular formula is C14H17ClFNO3. The zero-order valence-corrected chi connectivity index (χ0v) is 11.8. The third kappa shape index (κ3) is 3.61. The summed E-state index contributed by atoms with van der Waals surface area (Å²) in [6, 6.07) is 3.72. The first kappa shape index (κ1) is 15.1. The largest absolute Gasteiger partial charge is 0.482 e. The quantitative estimate of drug-likeness (QED) is 0.877. The highest BCUT2D eigenvalue weighted by Crippen LogP contribution is 2.29. The summed E-state index contributed by atoms with van der Waals surface area (Å²) >= 11 is 5.80. The van der Waals surface area contributed by atoms with Gasteiger partial charge < -0.3 is 15.2 Å². The molecule has 1 aliphatic rings. The van der Waals surface area contributed by atoms with Crippen LogP contribution in [0.4, 0.5) is 4.39 Å². The molecule has 20 heavy (non-hydrogen) atoms. The van der Waals surface area contributed by atoms with E-state index in [-0.39, 0.29) is 29.9 Å². The van der Waals surface area contributed by atoms with Crippen molar-refractivity contribution in [3.05, 3.63) is 29.0 Å². The van der Waals surface area contributed by atoms with Crippen LogP contribution in [-0.2, 0) is 4.79 Å². The van der Waals surface area contributed by atoms with Gasteiger partial charge in [0.2, 0.25) is 0 Å². The van der Waals surface area contributed by atoms with Crippen molar-refractivity contribution in [2.24, 2.45) is 0 Å². The molecular weight excluding hydrogens is 285 g/mol. The molecule has 4 nitrogen and oxygen atoms in total. The van der Waals surface area contributed by atoms with E-state index in [1.807, 2.05) is 0 Å². The van der Waals surface area contributed by atoms with Gasteiger partial charge in [-0.25, -0.2) is 4.39 Å². The Morgan fingerprint density at radius 2 is 2.15 bits per heavy atom. The Morgan fingerprint density at radius 1 is 1.45 bits per heavy atom. The van der Waals surface area contributed by atoms with E-state index >= 15 is 0 Å². The molecule has 0 aromatic heterocycles. The van der Waals surface area contributed by atoms with Gasteiger partial charge in [-0.1, -0.05) is 24.4 Å². The summed E-state index contributed by atoms with van der Waals surface area (Å²) in [6.07, 6.45) is 3.52. The summed E-state index contributed by atoms with van der Waals surface area (Å²) in [5.74, 6) is -0.522. The lowest BCUT2D eigenvalue weighted by molar-refractivity contribution is -0.125. The van der Waals surface area contributed by atoms with E-state index in [4.69, 9.17) is 16.3 Å². The van der Waals surface area contributed by atoms with Crippen LogP contribution >= 0.6 is 11.6 Å². The van der Waals surface area contributed by atoms with Crippen molar-refractivity contribution < 1.29 is 19.0 Å². The molecule has 0 unspecified atom stereocenters. The fraction of sp³-hybridized carbons (Fsp3) is 0.500. The van der Waals surface area contributed by atoms with E-state index < -0.39 is 11.4 Å². The van der Waals surface area contributed by atoms with E-state index in [2.05, 4.69) is 5.32 Å². The number of carbonyl (C=O) groups is 1. The summed E-state index contributed by atoms with van der Waals surface area (Å²) in [5, 5.41) is 12.3. The van der Waals surface area contributed by atoms with Crippen LogP contribution in [0.25, 0.3) is 0 Å². The number of nitrogens with one attached hydrogen (secondary N) is 1. The SMILES string of the molecule is O=C(COc1ccc(F)cc1Cl)NC1(CO)CCCC1. The van der Waals surface area contributed by atoms with Gasteiger partial charge in [-0.2, -0.15) is 0 Å². The van der Waals surface area contributed by atoms with Gasteiger partial charge in [-0.3, -0.25) is 4.79 Å². The van der Waals surface area contributed by atoms with E-state index in [1.54, 1.807) is 0 Å². The van der Waals surface area contributed by atoms with Gasteiger partial charge in [0.1, 0.15) is 11.6 Å². The predicted octanol–water partition coefficient (Wildman–Crippen LogP) is 2.28. The second-order valence-electron chi connectivity index (χ2n) is 5.06.